The van der Waals surface area contributed by atoms with Crippen LogP contribution in [0.1, 0.15) is 5.56 Å². The maximum atomic E-state index is 3.52. The van der Waals surface area contributed by atoms with E-state index < -0.39 is 0 Å². The minimum atomic E-state index is 1.06. The molecule has 1 heterocycles. The van der Waals surface area contributed by atoms with Gasteiger partial charge in [0.1, 0.15) is 0 Å². The Morgan fingerprint density at radius 3 is 2.56 bits per heavy atom. The monoisotopic (exact) mass is 304 g/mol. The average Bonchev–Trinajstić information content (AvgIpc) is 2.40. The van der Waals surface area contributed by atoms with Crippen LogP contribution in [0.25, 0.3) is 10.8 Å². The van der Waals surface area contributed by atoms with Gasteiger partial charge in [0.05, 0.1) is 0 Å². The van der Waals surface area contributed by atoms with Gasteiger partial charge in [-0.3, -0.25) is 4.90 Å². The second kappa shape index (κ2) is 5.39. The topological polar surface area (TPSA) is 15.3 Å². The van der Waals surface area contributed by atoms with Crippen LogP contribution in [0.2, 0.25) is 0 Å². The lowest BCUT2D eigenvalue weighted by Crippen LogP contribution is -2.42. The van der Waals surface area contributed by atoms with Crippen molar-refractivity contribution in [2.45, 2.75) is 6.54 Å². The minimum Gasteiger partial charge on any atom is -0.314 e. The van der Waals surface area contributed by atoms with Crippen molar-refractivity contribution in [3.63, 3.8) is 0 Å². The molecule has 1 N–H and O–H groups in total. The fraction of sp³-hybridized carbons (Fsp3) is 0.333. The molecule has 1 fully saturated rings. The summed E-state index contributed by atoms with van der Waals surface area (Å²) in [4.78, 5) is 2.51. The van der Waals surface area contributed by atoms with Gasteiger partial charge in [-0.1, -0.05) is 34.1 Å². The van der Waals surface area contributed by atoms with E-state index in [4.69, 9.17) is 0 Å². The zero-order chi connectivity index (χ0) is 12.4. The van der Waals surface area contributed by atoms with Gasteiger partial charge in [0, 0.05) is 37.2 Å². The quantitative estimate of drug-likeness (QED) is 0.917. The highest BCUT2D eigenvalue weighted by molar-refractivity contribution is 9.10. The smallest absolute Gasteiger partial charge is 0.0235 e. The van der Waals surface area contributed by atoms with E-state index in [-0.39, 0.29) is 0 Å². The average molecular weight is 305 g/mol. The summed E-state index contributed by atoms with van der Waals surface area (Å²) in [5, 5.41) is 6.01. The highest BCUT2D eigenvalue weighted by Crippen LogP contribution is 2.21. The second-order valence-corrected chi connectivity index (χ2v) is 5.77. The van der Waals surface area contributed by atoms with Crippen molar-refractivity contribution in [1.29, 1.82) is 0 Å². The van der Waals surface area contributed by atoms with Gasteiger partial charge >= 0.3 is 0 Å². The maximum Gasteiger partial charge on any atom is 0.0235 e. The molecule has 94 valence electrons. The summed E-state index contributed by atoms with van der Waals surface area (Å²) < 4.78 is 1.14. The van der Waals surface area contributed by atoms with E-state index in [1.165, 1.54) is 16.3 Å². The lowest BCUT2D eigenvalue weighted by Gasteiger charge is -2.27. The molecule has 0 saturated carbocycles. The molecule has 1 aliphatic heterocycles. The molecule has 0 spiro atoms. The Bertz CT molecular complexity index is 547. The van der Waals surface area contributed by atoms with Crippen LogP contribution in [0.3, 0.4) is 0 Å². The van der Waals surface area contributed by atoms with Crippen molar-refractivity contribution in [3.8, 4) is 0 Å². The third-order valence-corrected chi connectivity index (χ3v) is 3.98. The molecule has 0 bridgehead atoms. The number of nitrogens with one attached hydrogen (secondary N) is 1. The van der Waals surface area contributed by atoms with E-state index in [9.17, 15) is 0 Å². The van der Waals surface area contributed by atoms with E-state index in [0.29, 0.717) is 0 Å². The number of halogens is 1. The molecule has 0 unspecified atom stereocenters. The summed E-state index contributed by atoms with van der Waals surface area (Å²) in [5.41, 5.74) is 1.41. The molecule has 0 atom stereocenters. The van der Waals surface area contributed by atoms with Crippen LogP contribution in [-0.4, -0.2) is 31.1 Å². The van der Waals surface area contributed by atoms with Crippen LogP contribution in [0.5, 0.6) is 0 Å². The lowest BCUT2D eigenvalue weighted by molar-refractivity contribution is 0.233. The lowest BCUT2D eigenvalue weighted by atomic mass is 10.1. The number of fused-ring (bicyclic) bond motifs is 1. The van der Waals surface area contributed by atoms with Gasteiger partial charge in [0.25, 0.3) is 0 Å². The van der Waals surface area contributed by atoms with Crippen LogP contribution in [0.4, 0.5) is 0 Å². The van der Waals surface area contributed by atoms with Gasteiger partial charge in [-0.05, 0) is 34.5 Å². The van der Waals surface area contributed by atoms with E-state index in [1.54, 1.807) is 0 Å². The van der Waals surface area contributed by atoms with Crippen molar-refractivity contribution >= 4 is 26.7 Å². The van der Waals surface area contributed by atoms with Gasteiger partial charge in [-0.15, -0.1) is 0 Å². The molecule has 2 nitrogen and oxygen atoms in total. The molecule has 2 aromatic rings. The number of rotatable bonds is 2. The largest absolute Gasteiger partial charge is 0.314 e. The van der Waals surface area contributed by atoms with Gasteiger partial charge < -0.3 is 5.32 Å². The van der Waals surface area contributed by atoms with Gasteiger partial charge in [0.2, 0.25) is 0 Å². The summed E-state index contributed by atoms with van der Waals surface area (Å²) in [6.45, 7) is 5.59. The molecule has 3 rings (SSSR count). The molecule has 0 radical (unpaired) electrons. The van der Waals surface area contributed by atoms with Gasteiger partial charge in [-0.2, -0.15) is 0 Å². The Kier molecular flexibility index (Phi) is 3.64. The third-order valence-electron chi connectivity index (χ3n) is 3.48. The highest BCUT2D eigenvalue weighted by Gasteiger charge is 2.09. The Balaban J connectivity index is 1.82. The molecule has 18 heavy (non-hydrogen) atoms. The predicted octanol–water partition coefficient (Wildman–Crippen LogP) is 3.01. The van der Waals surface area contributed by atoms with E-state index in [1.807, 2.05) is 0 Å². The highest BCUT2D eigenvalue weighted by atomic mass is 79.9. The zero-order valence-corrected chi connectivity index (χ0v) is 11.9. The number of benzene rings is 2. The standard InChI is InChI=1S/C15H17BrN2/c16-15-4-3-13-9-12(1-2-14(13)10-15)11-18-7-5-17-6-8-18/h1-4,9-10,17H,5-8,11H2. The fourth-order valence-electron chi connectivity index (χ4n) is 2.49. The van der Waals surface area contributed by atoms with Crippen LogP contribution < -0.4 is 5.32 Å². The minimum absolute atomic E-state index is 1.06. The number of hydrogen-bond acceptors (Lipinski definition) is 2. The second-order valence-electron chi connectivity index (χ2n) is 4.85. The first-order valence-electron chi connectivity index (χ1n) is 6.42. The van der Waals surface area contributed by atoms with Crippen molar-refractivity contribution in [2.24, 2.45) is 0 Å². The molecule has 0 amide bonds. The number of hydrogen-bond donors (Lipinski definition) is 1. The normalized spacial score (nSPS) is 17.2. The first kappa shape index (κ1) is 12.2. The zero-order valence-electron chi connectivity index (χ0n) is 10.3. The molecule has 3 heteroatoms. The summed E-state index contributed by atoms with van der Waals surface area (Å²) >= 11 is 3.52. The van der Waals surface area contributed by atoms with Crippen LogP contribution in [0, 0.1) is 0 Å². The van der Waals surface area contributed by atoms with Crippen LogP contribution >= 0.6 is 15.9 Å². The van der Waals surface area contributed by atoms with Crippen molar-refractivity contribution < 1.29 is 0 Å². The van der Waals surface area contributed by atoms with E-state index in [2.05, 4.69) is 62.5 Å². The predicted molar refractivity (Wildman–Crippen MR) is 79.8 cm³/mol. The maximum absolute atomic E-state index is 3.52. The molecular weight excluding hydrogens is 288 g/mol. The van der Waals surface area contributed by atoms with Gasteiger partial charge in [0.15, 0.2) is 0 Å². The molecule has 1 aliphatic rings. The Morgan fingerprint density at radius 1 is 1.00 bits per heavy atom. The van der Waals surface area contributed by atoms with E-state index in [0.717, 1.165) is 37.2 Å². The Morgan fingerprint density at radius 2 is 1.72 bits per heavy atom. The third kappa shape index (κ3) is 2.74. The van der Waals surface area contributed by atoms with Crippen LogP contribution in [-0.2, 0) is 6.54 Å². The van der Waals surface area contributed by atoms with Crippen molar-refractivity contribution in [3.05, 3.63) is 46.4 Å². The molecular formula is C15H17BrN2. The SMILES string of the molecule is Brc1ccc2cc(CN3CCNCC3)ccc2c1. The summed E-state index contributed by atoms with van der Waals surface area (Å²) in [6, 6.07) is 13.2. The summed E-state index contributed by atoms with van der Waals surface area (Å²) in [5.74, 6) is 0. The molecule has 2 aromatic carbocycles. The van der Waals surface area contributed by atoms with Crippen LogP contribution in [0.15, 0.2) is 40.9 Å². The summed E-state index contributed by atoms with van der Waals surface area (Å²) in [7, 11) is 0. The first-order chi connectivity index (χ1) is 8.81. The number of piperazine rings is 1. The van der Waals surface area contributed by atoms with Gasteiger partial charge in [-0.25, -0.2) is 0 Å². The van der Waals surface area contributed by atoms with Crippen molar-refractivity contribution in [2.75, 3.05) is 26.2 Å². The Labute approximate surface area is 116 Å². The van der Waals surface area contributed by atoms with Crippen molar-refractivity contribution in [1.82, 2.24) is 10.2 Å². The number of nitrogens with zero attached hydrogens (tertiary/aromatic N) is 1. The Hall–Kier alpha value is -0.900. The fourth-order valence-corrected chi connectivity index (χ4v) is 2.87. The molecule has 0 aliphatic carbocycles. The van der Waals surface area contributed by atoms with E-state index >= 15 is 0 Å². The molecule has 1 saturated heterocycles. The summed E-state index contributed by atoms with van der Waals surface area (Å²) in [6.07, 6.45) is 0. The first-order valence-corrected chi connectivity index (χ1v) is 7.22. The molecule has 0 aromatic heterocycles.